The van der Waals surface area contributed by atoms with Gasteiger partial charge in [0.25, 0.3) is 0 Å². The van der Waals surface area contributed by atoms with Gasteiger partial charge in [-0.3, -0.25) is 9.69 Å². The van der Waals surface area contributed by atoms with Crippen LogP contribution in [0.5, 0.6) is 0 Å². The van der Waals surface area contributed by atoms with Gasteiger partial charge in [-0.2, -0.15) is 0 Å². The third-order valence-corrected chi connectivity index (χ3v) is 5.45. The highest BCUT2D eigenvalue weighted by atomic mass is 79.9. The summed E-state index contributed by atoms with van der Waals surface area (Å²) in [6.45, 7) is 0. The molecule has 5 heteroatoms. The van der Waals surface area contributed by atoms with Crippen LogP contribution in [0.15, 0.2) is 71.2 Å². The van der Waals surface area contributed by atoms with Crippen molar-refractivity contribution in [1.82, 2.24) is 10.2 Å². The smallest absolute Gasteiger partial charge is 0.238 e. The molecule has 2 aromatic carbocycles. The first-order valence-corrected chi connectivity index (χ1v) is 9.33. The van der Waals surface area contributed by atoms with E-state index in [9.17, 15) is 4.79 Å². The van der Waals surface area contributed by atoms with E-state index >= 15 is 0 Å². The van der Waals surface area contributed by atoms with E-state index in [2.05, 4.69) is 26.1 Å². The topological polar surface area (TPSA) is 46.1 Å². The summed E-state index contributed by atoms with van der Waals surface area (Å²) in [5.41, 5.74) is 2.44. The van der Waals surface area contributed by atoms with Crippen LogP contribution in [-0.4, -0.2) is 23.2 Å². The molecular formula is C21H18BrN3O. The number of amides is 1. The standard InChI is InChI=1S/C21H18BrN3O/c1-25(19-12-11-18(23-24-19)15-5-3-2-4-6-15)20(26)21(13-14-21)16-7-9-17(22)10-8-16/h2-12H,13-14H2,1H3. The molecule has 26 heavy (non-hydrogen) atoms. The Morgan fingerprint density at radius 1 is 0.962 bits per heavy atom. The fourth-order valence-electron chi connectivity index (χ4n) is 3.21. The van der Waals surface area contributed by atoms with Crippen LogP contribution >= 0.6 is 15.9 Å². The molecule has 0 saturated heterocycles. The Hall–Kier alpha value is -2.53. The Morgan fingerprint density at radius 2 is 1.65 bits per heavy atom. The summed E-state index contributed by atoms with van der Waals surface area (Å²) in [4.78, 5) is 14.7. The minimum atomic E-state index is -0.421. The second-order valence-corrected chi connectivity index (χ2v) is 7.51. The number of nitrogens with zero attached hydrogens (tertiary/aromatic N) is 3. The number of benzene rings is 2. The number of likely N-dealkylation sites (N-methyl/N-ethyl adjacent to an activating group) is 1. The number of aromatic nitrogens is 2. The zero-order valence-corrected chi connectivity index (χ0v) is 16.0. The normalized spacial score (nSPS) is 14.7. The summed E-state index contributed by atoms with van der Waals surface area (Å²) in [5, 5.41) is 8.56. The van der Waals surface area contributed by atoms with Crippen molar-refractivity contribution in [1.29, 1.82) is 0 Å². The van der Waals surface area contributed by atoms with Gasteiger partial charge in [0.1, 0.15) is 0 Å². The van der Waals surface area contributed by atoms with E-state index < -0.39 is 5.41 Å². The van der Waals surface area contributed by atoms with Gasteiger partial charge in [-0.25, -0.2) is 0 Å². The van der Waals surface area contributed by atoms with Crippen molar-refractivity contribution in [3.63, 3.8) is 0 Å². The molecule has 0 spiro atoms. The van der Waals surface area contributed by atoms with E-state index in [-0.39, 0.29) is 5.91 Å². The molecule has 1 amide bonds. The van der Waals surface area contributed by atoms with Crippen LogP contribution in [0.4, 0.5) is 5.82 Å². The summed E-state index contributed by atoms with van der Waals surface area (Å²) in [6.07, 6.45) is 1.74. The molecular weight excluding hydrogens is 390 g/mol. The van der Waals surface area contributed by atoms with Crippen LogP contribution in [0.2, 0.25) is 0 Å². The highest BCUT2D eigenvalue weighted by Crippen LogP contribution is 2.50. The maximum atomic E-state index is 13.1. The van der Waals surface area contributed by atoms with E-state index in [0.717, 1.165) is 34.1 Å². The van der Waals surface area contributed by atoms with Crippen LogP contribution in [0.1, 0.15) is 18.4 Å². The number of anilines is 1. The zero-order valence-electron chi connectivity index (χ0n) is 14.4. The van der Waals surface area contributed by atoms with Crippen molar-refractivity contribution < 1.29 is 4.79 Å². The first-order valence-electron chi connectivity index (χ1n) is 8.53. The predicted octanol–water partition coefficient (Wildman–Crippen LogP) is 4.60. The summed E-state index contributed by atoms with van der Waals surface area (Å²) < 4.78 is 1.01. The van der Waals surface area contributed by atoms with Crippen LogP contribution in [-0.2, 0) is 10.2 Å². The summed E-state index contributed by atoms with van der Waals surface area (Å²) in [5.74, 6) is 0.639. The van der Waals surface area contributed by atoms with Crippen molar-refractivity contribution in [3.8, 4) is 11.3 Å². The quantitative estimate of drug-likeness (QED) is 0.634. The van der Waals surface area contributed by atoms with Gasteiger partial charge in [-0.05, 0) is 42.7 Å². The molecule has 0 N–H and O–H groups in total. The molecule has 1 aliphatic rings. The molecule has 1 fully saturated rings. The molecule has 4 nitrogen and oxygen atoms in total. The third kappa shape index (κ3) is 3.03. The molecule has 0 atom stereocenters. The molecule has 1 aliphatic carbocycles. The number of carbonyl (C=O) groups is 1. The molecule has 4 rings (SSSR count). The van der Waals surface area contributed by atoms with Gasteiger partial charge in [0.05, 0.1) is 11.1 Å². The Balaban J connectivity index is 1.56. The van der Waals surface area contributed by atoms with Crippen molar-refractivity contribution in [2.24, 2.45) is 0 Å². The first kappa shape index (κ1) is 16.9. The molecule has 1 aromatic heterocycles. The first-order chi connectivity index (χ1) is 12.6. The van der Waals surface area contributed by atoms with Gasteiger partial charge in [-0.1, -0.05) is 58.4 Å². The Bertz CT molecular complexity index is 920. The summed E-state index contributed by atoms with van der Waals surface area (Å²) in [7, 11) is 1.77. The van der Waals surface area contributed by atoms with Crippen LogP contribution in [0.25, 0.3) is 11.3 Å². The maximum Gasteiger partial charge on any atom is 0.238 e. The van der Waals surface area contributed by atoms with Crippen molar-refractivity contribution >= 4 is 27.7 Å². The summed E-state index contributed by atoms with van der Waals surface area (Å²) >= 11 is 3.45. The lowest BCUT2D eigenvalue weighted by atomic mass is 9.94. The van der Waals surface area contributed by atoms with E-state index in [4.69, 9.17) is 0 Å². The van der Waals surface area contributed by atoms with E-state index in [1.54, 1.807) is 11.9 Å². The molecule has 130 valence electrons. The van der Waals surface area contributed by atoms with Gasteiger partial charge in [0, 0.05) is 17.1 Å². The zero-order chi connectivity index (χ0) is 18.1. The number of halogens is 1. The average Bonchev–Trinajstić information content (AvgIpc) is 3.50. The molecule has 0 unspecified atom stereocenters. The van der Waals surface area contributed by atoms with Crippen molar-refractivity contribution in [2.75, 3.05) is 11.9 Å². The minimum absolute atomic E-state index is 0.0709. The van der Waals surface area contributed by atoms with E-state index in [1.165, 1.54) is 0 Å². The van der Waals surface area contributed by atoms with Gasteiger partial charge >= 0.3 is 0 Å². The van der Waals surface area contributed by atoms with Gasteiger partial charge in [-0.15, -0.1) is 10.2 Å². The Labute approximate surface area is 161 Å². The van der Waals surface area contributed by atoms with Crippen molar-refractivity contribution in [3.05, 3.63) is 76.8 Å². The van der Waals surface area contributed by atoms with Gasteiger partial charge in [0.15, 0.2) is 5.82 Å². The number of rotatable bonds is 4. The number of carbonyl (C=O) groups excluding carboxylic acids is 1. The average molecular weight is 408 g/mol. The van der Waals surface area contributed by atoms with E-state index in [0.29, 0.717) is 5.82 Å². The molecule has 3 aromatic rings. The highest BCUT2D eigenvalue weighted by molar-refractivity contribution is 9.10. The molecule has 0 bridgehead atoms. The SMILES string of the molecule is CN(C(=O)C1(c2ccc(Br)cc2)CC1)c1ccc(-c2ccccc2)nn1. The van der Waals surface area contributed by atoms with E-state index in [1.807, 2.05) is 66.7 Å². The molecule has 0 radical (unpaired) electrons. The third-order valence-electron chi connectivity index (χ3n) is 4.92. The minimum Gasteiger partial charge on any atom is -0.298 e. The fraction of sp³-hybridized carbons (Fsp3) is 0.190. The van der Waals surface area contributed by atoms with Crippen LogP contribution in [0, 0.1) is 0 Å². The highest BCUT2D eigenvalue weighted by Gasteiger charge is 2.52. The predicted molar refractivity (Wildman–Crippen MR) is 106 cm³/mol. The maximum absolute atomic E-state index is 13.1. The fourth-order valence-corrected chi connectivity index (χ4v) is 3.48. The lowest BCUT2D eigenvalue weighted by molar-refractivity contribution is -0.120. The van der Waals surface area contributed by atoms with Gasteiger partial charge in [0.2, 0.25) is 5.91 Å². The monoisotopic (exact) mass is 407 g/mol. The second kappa shape index (κ2) is 6.65. The molecule has 1 heterocycles. The lowest BCUT2D eigenvalue weighted by Crippen LogP contribution is -2.37. The lowest BCUT2D eigenvalue weighted by Gasteiger charge is -2.23. The van der Waals surface area contributed by atoms with Crippen LogP contribution < -0.4 is 4.90 Å². The summed E-state index contributed by atoms with van der Waals surface area (Å²) in [6, 6.07) is 21.6. The van der Waals surface area contributed by atoms with Gasteiger partial charge < -0.3 is 0 Å². The van der Waals surface area contributed by atoms with Crippen molar-refractivity contribution in [2.45, 2.75) is 18.3 Å². The van der Waals surface area contributed by atoms with Crippen LogP contribution in [0.3, 0.4) is 0 Å². The molecule has 0 aliphatic heterocycles. The Kier molecular flexibility index (Phi) is 4.32. The molecule has 1 saturated carbocycles. The largest absolute Gasteiger partial charge is 0.298 e. The second-order valence-electron chi connectivity index (χ2n) is 6.60. The number of hydrogen-bond acceptors (Lipinski definition) is 3. The number of hydrogen-bond donors (Lipinski definition) is 0. The Morgan fingerprint density at radius 3 is 2.23 bits per heavy atom.